The first kappa shape index (κ1) is 13.9. The van der Waals surface area contributed by atoms with Crippen molar-refractivity contribution in [1.82, 2.24) is 5.32 Å². The Morgan fingerprint density at radius 3 is 2.33 bits per heavy atom. The molecule has 1 aliphatic heterocycles. The maximum absolute atomic E-state index is 14.0. The molecule has 1 heterocycles. The number of hydrogen-bond donors (Lipinski definition) is 1. The summed E-state index contributed by atoms with van der Waals surface area (Å²) >= 11 is 3.09. The fraction of sp³-hybridized carbons (Fsp3) is 0.538. The number of nitrogens with one attached hydrogen (secondary N) is 1. The fourth-order valence-electron chi connectivity index (χ4n) is 2.52. The minimum Gasteiger partial charge on any atom is -0.381 e. The molecule has 0 spiro atoms. The lowest BCUT2D eigenvalue weighted by Crippen LogP contribution is -2.31. The largest absolute Gasteiger partial charge is 0.381 e. The van der Waals surface area contributed by atoms with Gasteiger partial charge in [-0.2, -0.15) is 0 Å². The Hall–Kier alpha value is -0.520. The topological polar surface area (TPSA) is 21.3 Å². The van der Waals surface area contributed by atoms with Crippen molar-refractivity contribution in [3.05, 3.63) is 33.8 Å². The second-order valence-corrected chi connectivity index (χ2v) is 5.41. The van der Waals surface area contributed by atoms with Gasteiger partial charge in [-0.25, -0.2) is 8.78 Å². The van der Waals surface area contributed by atoms with Crippen molar-refractivity contribution in [1.29, 1.82) is 0 Å². The smallest absolute Gasteiger partial charge is 0.132 e. The lowest BCUT2D eigenvalue weighted by Gasteiger charge is -2.30. The van der Waals surface area contributed by atoms with Gasteiger partial charge in [0.05, 0.1) is 0 Å². The summed E-state index contributed by atoms with van der Waals surface area (Å²) in [6, 6.07) is 2.31. The van der Waals surface area contributed by atoms with Gasteiger partial charge in [-0.1, -0.05) is 15.9 Å². The van der Waals surface area contributed by atoms with Crippen LogP contribution in [0.4, 0.5) is 8.78 Å². The molecule has 0 saturated carbocycles. The Kier molecular flexibility index (Phi) is 4.70. The molecule has 1 N–H and O–H groups in total. The standard InChI is InChI=1S/C13H16BrF2NO/c1-17-13(8-2-4-18-5-3-8)12-10(15)6-9(14)7-11(12)16/h6-8,13,17H,2-5H2,1H3. The van der Waals surface area contributed by atoms with Gasteiger partial charge in [0.1, 0.15) is 11.6 Å². The van der Waals surface area contributed by atoms with Gasteiger partial charge >= 0.3 is 0 Å². The van der Waals surface area contributed by atoms with Crippen molar-refractivity contribution in [2.24, 2.45) is 5.92 Å². The average Bonchev–Trinajstić information content (AvgIpc) is 2.34. The van der Waals surface area contributed by atoms with Crippen LogP contribution in [-0.2, 0) is 4.74 Å². The maximum Gasteiger partial charge on any atom is 0.132 e. The number of halogens is 3. The quantitative estimate of drug-likeness (QED) is 0.921. The van der Waals surface area contributed by atoms with E-state index in [4.69, 9.17) is 4.74 Å². The summed E-state index contributed by atoms with van der Waals surface area (Å²) in [5.41, 5.74) is 0.132. The van der Waals surface area contributed by atoms with Gasteiger partial charge in [-0.05, 0) is 37.9 Å². The Morgan fingerprint density at radius 2 is 1.83 bits per heavy atom. The van der Waals surface area contributed by atoms with Crippen molar-refractivity contribution >= 4 is 15.9 Å². The molecule has 1 saturated heterocycles. The third kappa shape index (κ3) is 2.90. The molecule has 18 heavy (non-hydrogen) atoms. The van der Waals surface area contributed by atoms with Gasteiger partial charge in [-0.15, -0.1) is 0 Å². The first-order valence-corrected chi connectivity index (χ1v) is 6.82. The molecule has 0 radical (unpaired) electrons. The van der Waals surface area contributed by atoms with E-state index < -0.39 is 11.6 Å². The lowest BCUT2D eigenvalue weighted by molar-refractivity contribution is 0.0536. The maximum atomic E-state index is 14.0. The summed E-state index contributed by atoms with van der Waals surface area (Å²) < 4.78 is 33.6. The highest BCUT2D eigenvalue weighted by molar-refractivity contribution is 9.10. The number of hydrogen-bond acceptors (Lipinski definition) is 2. The van der Waals surface area contributed by atoms with Gasteiger partial charge in [0.2, 0.25) is 0 Å². The molecule has 0 aliphatic carbocycles. The zero-order valence-electron chi connectivity index (χ0n) is 10.2. The van der Waals surface area contributed by atoms with E-state index in [1.54, 1.807) is 7.05 Å². The van der Waals surface area contributed by atoms with E-state index in [9.17, 15) is 8.78 Å². The van der Waals surface area contributed by atoms with Crippen LogP contribution in [0, 0.1) is 17.6 Å². The Labute approximate surface area is 114 Å². The molecule has 100 valence electrons. The van der Waals surface area contributed by atoms with Gasteiger partial charge in [0.25, 0.3) is 0 Å². The van der Waals surface area contributed by atoms with E-state index in [0.29, 0.717) is 17.7 Å². The molecular formula is C13H16BrF2NO. The third-order valence-corrected chi connectivity index (χ3v) is 3.86. The fourth-order valence-corrected chi connectivity index (χ4v) is 2.92. The van der Waals surface area contributed by atoms with Crippen LogP contribution in [0.15, 0.2) is 16.6 Å². The molecule has 1 atom stereocenters. The highest BCUT2D eigenvalue weighted by atomic mass is 79.9. The van der Waals surface area contributed by atoms with Gasteiger partial charge in [0, 0.05) is 29.3 Å². The molecular weight excluding hydrogens is 304 g/mol. The second-order valence-electron chi connectivity index (χ2n) is 4.50. The monoisotopic (exact) mass is 319 g/mol. The minimum atomic E-state index is -0.507. The number of ether oxygens (including phenoxy) is 1. The summed E-state index contributed by atoms with van der Waals surface area (Å²) in [6.45, 7) is 1.31. The van der Waals surface area contributed by atoms with E-state index in [2.05, 4.69) is 21.2 Å². The molecule has 0 bridgehead atoms. The summed E-state index contributed by atoms with van der Waals surface area (Å²) in [5, 5.41) is 3.04. The highest BCUT2D eigenvalue weighted by Crippen LogP contribution is 2.33. The Bertz CT molecular complexity index is 398. The molecule has 1 aromatic carbocycles. The SMILES string of the molecule is CNC(c1c(F)cc(Br)cc1F)C1CCOCC1. The van der Waals surface area contributed by atoms with Crippen LogP contribution in [0.25, 0.3) is 0 Å². The minimum absolute atomic E-state index is 0.132. The highest BCUT2D eigenvalue weighted by Gasteiger charge is 2.28. The van der Waals surface area contributed by atoms with Gasteiger partial charge < -0.3 is 10.1 Å². The average molecular weight is 320 g/mol. The van der Waals surface area contributed by atoms with E-state index in [-0.39, 0.29) is 17.5 Å². The number of rotatable bonds is 3. The van der Waals surface area contributed by atoms with Crippen LogP contribution < -0.4 is 5.32 Å². The van der Waals surface area contributed by atoms with Crippen molar-refractivity contribution in [3.8, 4) is 0 Å². The summed E-state index contributed by atoms with van der Waals surface area (Å²) in [7, 11) is 1.74. The summed E-state index contributed by atoms with van der Waals surface area (Å²) in [5.74, 6) is -0.811. The zero-order valence-corrected chi connectivity index (χ0v) is 11.8. The molecule has 0 amide bonds. The predicted octanol–water partition coefficient (Wildman–Crippen LogP) is 3.41. The van der Waals surface area contributed by atoms with E-state index >= 15 is 0 Å². The van der Waals surface area contributed by atoms with Crippen LogP contribution in [0.5, 0.6) is 0 Å². The summed E-state index contributed by atoms with van der Waals surface area (Å²) in [4.78, 5) is 0. The van der Waals surface area contributed by atoms with Crippen molar-refractivity contribution in [3.63, 3.8) is 0 Å². The van der Waals surface area contributed by atoms with Crippen LogP contribution in [0.1, 0.15) is 24.4 Å². The van der Waals surface area contributed by atoms with Crippen LogP contribution in [0.2, 0.25) is 0 Å². The summed E-state index contributed by atoms with van der Waals surface area (Å²) in [6.07, 6.45) is 1.64. The predicted molar refractivity (Wildman–Crippen MR) is 69.4 cm³/mol. The van der Waals surface area contributed by atoms with E-state index in [1.807, 2.05) is 0 Å². The van der Waals surface area contributed by atoms with Crippen molar-refractivity contribution < 1.29 is 13.5 Å². The first-order chi connectivity index (χ1) is 8.63. The van der Waals surface area contributed by atoms with Gasteiger partial charge in [0.15, 0.2) is 0 Å². The van der Waals surface area contributed by atoms with E-state index in [0.717, 1.165) is 12.8 Å². The molecule has 5 heteroatoms. The normalized spacial score (nSPS) is 18.9. The van der Waals surface area contributed by atoms with Crippen LogP contribution in [-0.4, -0.2) is 20.3 Å². The zero-order chi connectivity index (χ0) is 13.1. The molecule has 1 aromatic rings. The van der Waals surface area contributed by atoms with Crippen LogP contribution in [0.3, 0.4) is 0 Å². The van der Waals surface area contributed by atoms with Crippen molar-refractivity contribution in [2.45, 2.75) is 18.9 Å². The third-order valence-electron chi connectivity index (χ3n) is 3.40. The van der Waals surface area contributed by atoms with E-state index in [1.165, 1.54) is 12.1 Å². The van der Waals surface area contributed by atoms with Crippen LogP contribution >= 0.6 is 15.9 Å². The first-order valence-electron chi connectivity index (χ1n) is 6.03. The molecule has 1 aliphatic rings. The Morgan fingerprint density at radius 1 is 1.28 bits per heavy atom. The molecule has 0 aromatic heterocycles. The molecule has 2 rings (SSSR count). The molecule has 1 fully saturated rings. The van der Waals surface area contributed by atoms with Gasteiger partial charge in [-0.3, -0.25) is 0 Å². The second kappa shape index (κ2) is 6.08. The molecule has 1 unspecified atom stereocenters. The molecule has 2 nitrogen and oxygen atoms in total. The van der Waals surface area contributed by atoms with Crippen molar-refractivity contribution in [2.75, 3.05) is 20.3 Å². The lowest BCUT2D eigenvalue weighted by atomic mass is 9.86. The number of benzene rings is 1. The Balaban J connectivity index is 2.32.